The molecule has 4 atom stereocenters. The lowest BCUT2D eigenvalue weighted by molar-refractivity contribution is -0.151. The van der Waals surface area contributed by atoms with Crippen molar-refractivity contribution in [3.8, 4) is 0 Å². The van der Waals surface area contributed by atoms with Gasteiger partial charge in [0, 0.05) is 0 Å². The van der Waals surface area contributed by atoms with E-state index in [1.807, 2.05) is 13.8 Å². The summed E-state index contributed by atoms with van der Waals surface area (Å²) in [4.78, 5) is 23.1. The number of rotatable bonds is 8. The van der Waals surface area contributed by atoms with Crippen molar-refractivity contribution in [2.45, 2.75) is 65.2 Å². The van der Waals surface area contributed by atoms with Gasteiger partial charge in [0.25, 0.3) is 0 Å². The first-order valence-corrected chi connectivity index (χ1v) is 7.98. The zero-order chi connectivity index (χ0) is 15.1. The number of hydrogen-bond acceptors (Lipinski definition) is 2. The van der Waals surface area contributed by atoms with Crippen molar-refractivity contribution in [1.82, 2.24) is 0 Å². The van der Waals surface area contributed by atoms with Gasteiger partial charge >= 0.3 is 11.9 Å². The fourth-order valence-electron chi connectivity index (χ4n) is 3.85. The van der Waals surface area contributed by atoms with Gasteiger partial charge in [-0.05, 0) is 37.5 Å². The normalized spacial score (nSPS) is 25.9. The lowest BCUT2D eigenvalue weighted by atomic mass is 9.65. The molecule has 2 N–H and O–H groups in total. The molecule has 0 heterocycles. The van der Waals surface area contributed by atoms with E-state index in [0.29, 0.717) is 12.8 Å². The largest absolute Gasteiger partial charge is 0.481 e. The van der Waals surface area contributed by atoms with Gasteiger partial charge < -0.3 is 10.2 Å². The molecule has 0 aromatic heterocycles. The number of carboxylic acids is 2. The average Bonchev–Trinajstić information content (AvgIpc) is 2.41. The minimum Gasteiger partial charge on any atom is -0.481 e. The van der Waals surface area contributed by atoms with E-state index in [4.69, 9.17) is 0 Å². The van der Waals surface area contributed by atoms with Gasteiger partial charge in [-0.25, -0.2) is 0 Å². The Labute approximate surface area is 121 Å². The molecule has 20 heavy (non-hydrogen) atoms. The van der Waals surface area contributed by atoms with Crippen LogP contribution in [0.15, 0.2) is 0 Å². The second-order valence-corrected chi connectivity index (χ2v) is 6.08. The van der Waals surface area contributed by atoms with Crippen LogP contribution in [0, 0.1) is 23.7 Å². The number of carbonyl (C=O) groups is 2. The molecule has 0 saturated heterocycles. The molecule has 1 rings (SSSR count). The van der Waals surface area contributed by atoms with Gasteiger partial charge in [-0.15, -0.1) is 0 Å². The van der Waals surface area contributed by atoms with Crippen LogP contribution in [0.1, 0.15) is 65.2 Å². The van der Waals surface area contributed by atoms with Gasteiger partial charge in [0.2, 0.25) is 0 Å². The topological polar surface area (TPSA) is 74.6 Å². The van der Waals surface area contributed by atoms with Crippen LogP contribution in [-0.4, -0.2) is 22.2 Å². The maximum atomic E-state index is 11.5. The second kappa shape index (κ2) is 8.28. The van der Waals surface area contributed by atoms with Crippen LogP contribution < -0.4 is 0 Å². The molecule has 4 unspecified atom stereocenters. The lowest BCUT2D eigenvalue weighted by Crippen LogP contribution is -2.38. The molecular formula is C16H28O4. The maximum Gasteiger partial charge on any atom is 0.306 e. The standard InChI is InChI=1S/C16H28O4/c1-3-7-13(15(17)18)11-9-5-6-10-12(11)14(8-4-2)16(19)20/h11-14H,3-10H2,1-2H3,(H,17,18)(H,19,20). The van der Waals surface area contributed by atoms with Gasteiger partial charge in [0.05, 0.1) is 11.8 Å². The SMILES string of the molecule is CCCC(C(=O)O)C1CCCCC1C(CCC)C(=O)O. The molecule has 1 aliphatic rings. The molecule has 1 fully saturated rings. The molecule has 0 bridgehead atoms. The Balaban J connectivity index is 2.93. The van der Waals surface area contributed by atoms with Gasteiger partial charge in [-0.3, -0.25) is 9.59 Å². The summed E-state index contributed by atoms with van der Waals surface area (Å²) in [6, 6.07) is 0. The molecule has 0 amide bonds. The van der Waals surface area contributed by atoms with Crippen LogP contribution in [0.4, 0.5) is 0 Å². The zero-order valence-corrected chi connectivity index (χ0v) is 12.7. The van der Waals surface area contributed by atoms with Gasteiger partial charge in [0.15, 0.2) is 0 Å². The smallest absolute Gasteiger partial charge is 0.306 e. The van der Waals surface area contributed by atoms with Gasteiger partial charge in [0.1, 0.15) is 0 Å². The van der Waals surface area contributed by atoms with Crippen LogP contribution in [-0.2, 0) is 9.59 Å². The quantitative estimate of drug-likeness (QED) is 0.711. The van der Waals surface area contributed by atoms with Crippen molar-refractivity contribution < 1.29 is 19.8 Å². The van der Waals surface area contributed by atoms with E-state index in [9.17, 15) is 19.8 Å². The Morgan fingerprint density at radius 2 is 1.25 bits per heavy atom. The van der Waals surface area contributed by atoms with Crippen LogP contribution in [0.25, 0.3) is 0 Å². The molecule has 4 heteroatoms. The number of carboxylic acid groups (broad SMARTS) is 2. The van der Waals surface area contributed by atoms with Crippen molar-refractivity contribution in [2.75, 3.05) is 0 Å². The van der Waals surface area contributed by atoms with Crippen molar-refractivity contribution in [1.29, 1.82) is 0 Å². The number of hydrogen-bond donors (Lipinski definition) is 2. The molecule has 1 aliphatic carbocycles. The zero-order valence-electron chi connectivity index (χ0n) is 12.7. The second-order valence-electron chi connectivity index (χ2n) is 6.08. The van der Waals surface area contributed by atoms with E-state index < -0.39 is 11.9 Å². The summed E-state index contributed by atoms with van der Waals surface area (Å²) in [5.74, 6) is -2.16. The van der Waals surface area contributed by atoms with Crippen LogP contribution in [0.2, 0.25) is 0 Å². The van der Waals surface area contributed by atoms with Crippen LogP contribution in [0.3, 0.4) is 0 Å². The summed E-state index contributed by atoms with van der Waals surface area (Å²) in [5.41, 5.74) is 0. The monoisotopic (exact) mass is 284 g/mol. The Bertz CT molecular complexity index is 294. The van der Waals surface area contributed by atoms with Gasteiger partial charge in [-0.2, -0.15) is 0 Å². The number of aliphatic carboxylic acids is 2. The minimum absolute atomic E-state index is 0.0360. The highest BCUT2D eigenvalue weighted by molar-refractivity contribution is 5.72. The highest BCUT2D eigenvalue weighted by Gasteiger charge is 2.41. The summed E-state index contributed by atoms with van der Waals surface area (Å²) >= 11 is 0. The Morgan fingerprint density at radius 1 is 0.900 bits per heavy atom. The van der Waals surface area contributed by atoms with Crippen molar-refractivity contribution in [2.24, 2.45) is 23.7 Å². The minimum atomic E-state index is -0.746. The van der Waals surface area contributed by atoms with E-state index >= 15 is 0 Å². The third-order valence-electron chi connectivity index (χ3n) is 4.74. The first kappa shape index (κ1) is 17.0. The van der Waals surface area contributed by atoms with Gasteiger partial charge in [-0.1, -0.05) is 39.5 Å². The maximum absolute atomic E-state index is 11.5. The van der Waals surface area contributed by atoms with Crippen LogP contribution >= 0.6 is 0 Å². The highest BCUT2D eigenvalue weighted by Crippen LogP contribution is 2.42. The summed E-state index contributed by atoms with van der Waals surface area (Å²) < 4.78 is 0. The fraction of sp³-hybridized carbons (Fsp3) is 0.875. The molecule has 1 saturated carbocycles. The molecule has 0 radical (unpaired) electrons. The average molecular weight is 284 g/mol. The Kier molecular flexibility index (Phi) is 7.03. The van der Waals surface area contributed by atoms with E-state index in [1.54, 1.807) is 0 Å². The first-order valence-electron chi connectivity index (χ1n) is 7.98. The molecule has 0 aliphatic heterocycles. The molecule has 116 valence electrons. The summed E-state index contributed by atoms with van der Waals surface area (Å²) in [6.45, 7) is 3.99. The van der Waals surface area contributed by atoms with Crippen molar-refractivity contribution >= 4 is 11.9 Å². The lowest BCUT2D eigenvalue weighted by Gasteiger charge is -2.38. The molecule has 0 spiro atoms. The summed E-state index contributed by atoms with van der Waals surface area (Å²) in [5, 5.41) is 19.0. The third kappa shape index (κ3) is 4.22. The molecule has 0 aromatic rings. The van der Waals surface area contributed by atoms with Crippen molar-refractivity contribution in [3.05, 3.63) is 0 Å². The van der Waals surface area contributed by atoms with Crippen molar-refractivity contribution in [3.63, 3.8) is 0 Å². The first-order chi connectivity index (χ1) is 9.52. The summed E-state index contributed by atoms with van der Waals surface area (Å²) in [7, 11) is 0. The predicted octanol–water partition coefficient (Wildman–Crippen LogP) is 3.79. The highest BCUT2D eigenvalue weighted by atomic mass is 16.4. The Morgan fingerprint density at radius 3 is 1.50 bits per heavy atom. The fourth-order valence-corrected chi connectivity index (χ4v) is 3.85. The predicted molar refractivity (Wildman–Crippen MR) is 77.5 cm³/mol. The Hall–Kier alpha value is -1.06. The summed E-state index contributed by atoms with van der Waals surface area (Å²) in [6.07, 6.45) is 6.81. The molecular weight excluding hydrogens is 256 g/mol. The van der Waals surface area contributed by atoms with Crippen LogP contribution in [0.5, 0.6) is 0 Å². The third-order valence-corrected chi connectivity index (χ3v) is 4.74. The van der Waals surface area contributed by atoms with E-state index in [2.05, 4.69) is 0 Å². The van der Waals surface area contributed by atoms with E-state index in [0.717, 1.165) is 38.5 Å². The van der Waals surface area contributed by atoms with E-state index in [-0.39, 0.29) is 23.7 Å². The van der Waals surface area contributed by atoms with E-state index in [1.165, 1.54) is 0 Å². The molecule has 0 aromatic carbocycles. The molecule has 4 nitrogen and oxygen atoms in total.